The van der Waals surface area contributed by atoms with Crippen LogP contribution in [-0.2, 0) is 9.53 Å². The van der Waals surface area contributed by atoms with Crippen molar-refractivity contribution in [1.82, 2.24) is 5.32 Å². The number of carbonyl (C=O) groups excluding carboxylic acids is 1. The van der Waals surface area contributed by atoms with Gasteiger partial charge in [0.1, 0.15) is 0 Å². The van der Waals surface area contributed by atoms with Crippen molar-refractivity contribution in [2.75, 3.05) is 19.8 Å². The summed E-state index contributed by atoms with van der Waals surface area (Å²) in [5.74, 6) is 1.13. The standard InChI is InChI=1S/C10H17NO2/c12-10-9(2-1-5-11-10)8-3-6-13-7-4-8/h8-9H,1-7H2,(H,11,12). The molecule has 3 nitrogen and oxygen atoms in total. The van der Waals surface area contributed by atoms with Crippen LogP contribution < -0.4 is 5.32 Å². The van der Waals surface area contributed by atoms with E-state index in [0.29, 0.717) is 5.92 Å². The van der Waals surface area contributed by atoms with E-state index in [1.807, 2.05) is 0 Å². The minimum atomic E-state index is 0.276. The maximum Gasteiger partial charge on any atom is 0.223 e. The summed E-state index contributed by atoms with van der Waals surface area (Å²) >= 11 is 0. The van der Waals surface area contributed by atoms with Crippen LogP contribution in [0.15, 0.2) is 0 Å². The maximum absolute atomic E-state index is 11.5. The molecule has 2 rings (SSSR count). The third-order valence-corrected chi connectivity index (χ3v) is 3.16. The number of ether oxygens (including phenoxy) is 1. The van der Waals surface area contributed by atoms with Crippen LogP contribution in [0, 0.1) is 11.8 Å². The van der Waals surface area contributed by atoms with Crippen LogP contribution in [0.1, 0.15) is 25.7 Å². The third kappa shape index (κ3) is 2.02. The number of carbonyl (C=O) groups is 1. The van der Waals surface area contributed by atoms with Crippen molar-refractivity contribution in [2.24, 2.45) is 11.8 Å². The van der Waals surface area contributed by atoms with Crippen LogP contribution in [0.3, 0.4) is 0 Å². The molecule has 1 unspecified atom stereocenters. The summed E-state index contributed by atoms with van der Waals surface area (Å²) < 4.78 is 5.29. The van der Waals surface area contributed by atoms with Crippen molar-refractivity contribution in [3.05, 3.63) is 0 Å². The maximum atomic E-state index is 11.5. The van der Waals surface area contributed by atoms with Gasteiger partial charge in [0.2, 0.25) is 5.91 Å². The van der Waals surface area contributed by atoms with Crippen LogP contribution >= 0.6 is 0 Å². The third-order valence-electron chi connectivity index (χ3n) is 3.16. The van der Waals surface area contributed by atoms with Gasteiger partial charge in [-0.05, 0) is 31.6 Å². The molecule has 13 heavy (non-hydrogen) atoms. The fourth-order valence-electron chi connectivity index (χ4n) is 2.36. The van der Waals surface area contributed by atoms with Gasteiger partial charge in [-0.2, -0.15) is 0 Å². The fraction of sp³-hybridized carbons (Fsp3) is 0.900. The van der Waals surface area contributed by atoms with Crippen molar-refractivity contribution in [3.63, 3.8) is 0 Å². The smallest absolute Gasteiger partial charge is 0.223 e. The molecule has 0 aromatic carbocycles. The minimum absolute atomic E-state index is 0.276. The van der Waals surface area contributed by atoms with Gasteiger partial charge in [-0.1, -0.05) is 0 Å². The normalized spacial score (nSPS) is 31.4. The lowest BCUT2D eigenvalue weighted by atomic mass is 9.81. The van der Waals surface area contributed by atoms with Gasteiger partial charge in [-0.15, -0.1) is 0 Å². The Morgan fingerprint density at radius 1 is 1.23 bits per heavy atom. The highest BCUT2D eigenvalue weighted by molar-refractivity contribution is 5.79. The van der Waals surface area contributed by atoms with E-state index >= 15 is 0 Å². The van der Waals surface area contributed by atoms with E-state index in [0.717, 1.165) is 45.4 Å². The van der Waals surface area contributed by atoms with E-state index in [4.69, 9.17) is 4.74 Å². The van der Waals surface area contributed by atoms with Gasteiger partial charge in [-0.3, -0.25) is 4.79 Å². The Hall–Kier alpha value is -0.570. The zero-order chi connectivity index (χ0) is 9.10. The van der Waals surface area contributed by atoms with Crippen molar-refractivity contribution < 1.29 is 9.53 Å². The van der Waals surface area contributed by atoms with Crippen LogP contribution in [-0.4, -0.2) is 25.7 Å². The molecule has 0 saturated carbocycles. The van der Waals surface area contributed by atoms with Gasteiger partial charge in [0.15, 0.2) is 0 Å². The summed E-state index contributed by atoms with van der Waals surface area (Å²) in [5.41, 5.74) is 0. The molecule has 0 bridgehead atoms. The first-order chi connectivity index (χ1) is 6.38. The Kier molecular flexibility index (Phi) is 2.83. The van der Waals surface area contributed by atoms with E-state index in [9.17, 15) is 4.79 Å². The Balaban J connectivity index is 1.92. The highest BCUT2D eigenvalue weighted by Crippen LogP contribution is 2.28. The highest BCUT2D eigenvalue weighted by Gasteiger charge is 2.31. The molecule has 3 heteroatoms. The van der Waals surface area contributed by atoms with Crippen LogP contribution in [0.5, 0.6) is 0 Å². The number of hydrogen-bond acceptors (Lipinski definition) is 2. The lowest BCUT2D eigenvalue weighted by Gasteiger charge is -2.31. The van der Waals surface area contributed by atoms with Crippen LogP contribution in [0.4, 0.5) is 0 Å². The van der Waals surface area contributed by atoms with Gasteiger partial charge in [-0.25, -0.2) is 0 Å². The van der Waals surface area contributed by atoms with Crippen molar-refractivity contribution >= 4 is 5.91 Å². The molecule has 2 saturated heterocycles. The zero-order valence-corrected chi connectivity index (χ0v) is 7.92. The Bertz CT molecular complexity index is 187. The van der Waals surface area contributed by atoms with Gasteiger partial charge in [0.25, 0.3) is 0 Å². The average Bonchev–Trinajstić information content (AvgIpc) is 2.20. The molecule has 1 N–H and O–H groups in total. The summed E-state index contributed by atoms with van der Waals surface area (Å²) in [6.45, 7) is 2.56. The summed E-state index contributed by atoms with van der Waals surface area (Å²) in [4.78, 5) is 11.5. The fourth-order valence-corrected chi connectivity index (χ4v) is 2.36. The molecule has 0 aromatic rings. The molecular weight excluding hydrogens is 166 g/mol. The van der Waals surface area contributed by atoms with E-state index in [1.54, 1.807) is 0 Å². The van der Waals surface area contributed by atoms with Crippen LogP contribution in [0.2, 0.25) is 0 Å². The number of piperidine rings is 1. The van der Waals surface area contributed by atoms with Gasteiger partial charge >= 0.3 is 0 Å². The molecule has 0 aliphatic carbocycles. The predicted octanol–water partition coefficient (Wildman–Crippen LogP) is 0.939. The quantitative estimate of drug-likeness (QED) is 0.657. The topological polar surface area (TPSA) is 38.3 Å². The lowest BCUT2D eigenvalue weighted by Crippen LogP contribution is -2.41. The van der Waals surface area contributed by atoms with Gasteiger partial charge < -0.3 is 10.1 Å². The first kappa shape index (κ1) is 9.00. The van der Waals surface area contributed by atoms with E-state index in [1.165, 1.54) is 0 Å². The van der Waals surface area contributed by atoms with Crippen LogP contribution in [0.25, 0.3) is 0 Å². The molecule has 2 heterocycles. The Labute approximate surface area is 78.8 Å². The summed E-state index contributed by atoms with van der Waals surface area (Å²) in [6.07, 6.45) is 4.36. The second kappa shape index (κ2) is 4.09. The highest BCUT2D eigenvalue weighted by atomic mass is 16.5. The average molecular weight is 183 g/mol. The molecule has 2 fully saturated rings. The van der Waals surface area contributed by atoms with E-state index < -0.39 is 0 Å². The first-order valence-corrected chi connectivity index (χ1v) is 5.23. The molecule has 2 aliphatic heterocycles. The zero-order valence-electron chi connectivity index (χ0n) is 7.92. The molecule has 0 spiro atoms. The molecule has 0 aromatic heterocycles. The van der Waals surface area contributed by atoms with Gasteiger partial charge in [0, 0.05) is 25.7 Å². The van der Waals surface area contributed by atoms with Crippen molar-refractivity contribution in [3.8, 4) is 0 Å². The first-order valence-electron chi connectivity index (χ1n) is 5.23. The minimum Gasteiger partial charge on any atom is -0.381 e. The SMILES string of the molecule is O=C1NCCCC1C1CCOCC1. The van der Waals surface area contributed by atoms with Crippen molar-refractivity contribution in [1.29, 1.82) is 0 Å². The molecule has 2 aliphatic rings. The monoisotopic (exact) mass is 183 g/mol. The van der Waals surface area contributed by atoms with E-state index in [2.05, 4.69) is 5.32 Å². The molecule has 1 atom stereocenters. The van der Waals surface area contributed by atoms with E-state index in [-0.39, 0.29) is 11.8 Å². The molecule has 0 radical (unpaired) electrons. The van der Waals surface area contributed by atoms with Gasteiger partial charge in [0.05, 0.1) is 0 Å². The second-order valence-corrected chi connectivity index (χ2v) is 3.99. The number of nitrogens with one attached hydrogen (secondary N) is 1. The Morgan fingerprint density at radius 3 is 2.69 bits per heavy atom. The number of rotatable bonds is 1. The molecule has 1 amide bonds. The molecular formula is C10H17NO2. The summed E-state index contributed by atoms with van der Waals surface area (Å²) in [6, 6.07) is 0. The molecule has 74 valence electrons. The summed E-state index contributed by atoms with van der Waals surface area (Å²) in [7, 11) is 0. The lowest BCUT2D eigenvalue weighted by molar-refractivity contribution is -0.129. The summed E-state index contributed by atoms with van der Waals surface area (Å²) in [5, 5.41) is 2.95. The van der Waals surface area contributed by atoms with Crippen molar-refractivity contribution in [2.45, 2.75) is 25.7 Å². The Morgan fingerprint density at radius 2 is 2.00 bits per heavy atom. The predicted molar refractivity (Wildman–Crippen MR) is 49.3 cm³/mol. The second-order valence-electron chi connectivity index (χ2n) is 3.99. The largest absolute Gasteiger partial charge is 0.381 e. The number of hydrogen-bond donors (Lipinski definition) is 1. The number of amides is 1.